The number of carbonyl (C=O) groups excluding carboxylic acids is 1. The summed E-state index contributed by atoms with van der Waals surface area (Å²) in [4.78, 5) is 22.7. The zero-order chi connectivity index (χ0) is 24.3. The van der Waals surface area contributed by atoms with Gasteiger partial charge >= 0.3 is 6.18 Å². The molecule has 0 unspecified atom stereocenters. The van der Waals surface area contributed by atoms with Crippen LogP contribution in [-0.2, 0) is 17.4 Å². The third-order valence-electron chi connectivity index (χ3n) is 5.59. The molecule has 0 aliphatic carbocycles. The van der Waals surface area contributed by atoms with E-state index in [-0.39, 0.29) is 17.4 Å². The Morgan fingerprint density at radius 1 is 1.26 bits per heavy atom. The van der Waals surface area contributed by atoms with Gasteiger partial charge in [-0.25, -0.2) is 9.97 Å². The van der Waals surface area contributed by atoms with Crippen molar-refractivity contribution in [2.45, 2.75) is 38.4 Å². The van der Waals surface area contributed by atoms with Crippen LogP contribution >= 0.6 is 11.3 Å². The Hall–Kier alpha value is -3.45. The summed E-state index contributed by atoms with van der Waals surface area (Å²) >= 11 is 1.32. The van der Waals surface area contributed by atoms with E-state index in [1.54, 1.807) is 23.1 Å². The van der Waals surface area contributed by atoms with E-state index in [4.69, 9.17) is 5.26 Å². The van der Waals surface area contributed by atoms with Crippen LogP contribution in [0.25, 0.3) is 10.6 Å². The molecule has 176 valence electrons. The van der Waals surface area contributed by atoms with Gasteiger partial charge in [0.2, 0.25) is 11.7 Å². The molecule has 1 N–H and O–H groups in total. The second-order valence-corrected chi connectivity index (χ2v) is 9.03. The predicted octanol–water partition coefficient (Wildman–Crippen LogP) is 4.73. The molecule has 0 spiro atoms. The minimum Gasteiger partial charge on any atom is -0.354 e. The zero-order valence-electron chi connectivity index (χ0n) is 18.4. The van der Waals surface area contributed by atoms with Crippen LogP contribution in [0.15, 0.2) is 41.8 Å². The highest BCUT2D eigenvalue weighted by molar-refractivity contribution is 7.13. The normalized spacial score (nSPS) is 15.9. The fourth-order valence-corrected chi connectivity index (χ4v) is 4.77. The van der Waals surface area contributed by atoms with Crippen molar-refractivity contribution in [1.29, 1.82) is 5.26 Å². The number of aromatic nitrogens is 2. The molecule has 0 saturated carbocycles. The number of amides is 1. The summed E-state index contributed by atoms with van der Waals surface area (Å²) in [6.07, 6.45) is -2.92. The van der Waals surface area contributed by atoms with E-state index in [1.165, 1.54) is 17.4 Å². The molecule has 1 fully saturated rings. The first-order chi connectivity index (χ1) is 16.2. The zero-order valence-corrected chi connectivity index (χ0v) is 19.2. The number of hydrogen-bond acceptors (Lipinski definition) is 6. The highest BCUT2D eigenvalue weighted by Gasteiger charge is 2.38. The molecule has 4 rings (SSSR count). The molecule has 10 heteroatoms. The van der Waals surface area contributed by atoms with Gasteiger partial charge in [0, 0.05) is 19.2 Å². The third kappa shape index (κ3) is 5.37. The van der Waals surface area contributed by atoms with E-state index in [1.807, 2.05) is 24.4 Å². The molecule has 2 aromatic heterocycles. The number of aryl methyl sites for hydroxylation is 1. The minimum atomic E-state index is -4.70. The van der Waals surface area contributed by atoms with Crippen molar-refractivity contribution in [3.05, 3.63) is 64.3 Å². The average molecular weight is 486 g/mol. The molecule has 1 atom stereocenters. The van der Waals surface area contributed by atoms with Crippen molar-refractivity contribution in [2.75, 3.05) is 18.0 Å². The molecule has 6 nitrogen and oxygen atoms in total. The van der Waals surface area contributed by atoms with Crippen molar-refractivity contribution in [1.82, 2.24) is 15.3 Å². The van der Waals surface area contributed by atoms with Crippen LogP contribution in [0.4, 0.5) is 19.0 Å². The lowest BCUT2D eigenvalue weighted by atomic mass is 10.1. The molecule has 3 aromatic rings. The van der Waals surface area contributed by atoms with Gasteiger partial charge in [-0.05, 0) is 60.9 Å². The topological polar surface area (TPSA) is 81.9 Å². The Balaban J connectivity index is 1.51. The highest BCUT2D eigenvalue weighted by atomic mass is 32.1. The predicted molar refractivity (Wildman–Crippen MR) is 123 cm³/mol. The number of benzene rings is 1. The molecule has 34 heavy (non-hydrogen) atoms. The van der Waals surface area contributed by atoms with Crippen LogP contribution in [0.1, 0.15) is 35.4 Å². The molecule has 1 amide bonds. The van der Waals surface area contributed by atoms with Gasteiger partial charge in [0.15, 0.2) is 0 Å². The number of nitriles is 1. The summed E-state index contributed by atoms with van der Waals surface area (Å²) in [5.74, 6) is -1.35. The van der Waals surface area contributed by atoms with E-state index in [2.05, 4.69) is 21.4 Å². The van der Waals surface area contributed by atoms with E-state index in [0.717, 1.165) is 11.1 Å². The molecule has 1 aliphatic rings. The van der Waals surface area contributed by atoms with Crippen LogP contribution < -0.4 is 10.2 Å². The number of alkyl halides is 3. The van der Waals surface area contributed by atoms with Gasteiger partial charge in [0.25, 0.3) is 0 Å². The quantitative estimate of drug-likeness (QED) is 0.546. The highest BCUT2D eigenvalue weighted by Crippen LogP contribution is 2.34. The van der Waals surface area contributed by atoms with Gasteiger partial charge in [-0.15, -0.1) is 11.3 Å². The monoisotopic (exact) mass is 485 g/mol. The molecule has 0 bridgehead atoms. The largest absolute Gasteiger partial charge is 0.451 e. The summed E-state index contributed by atoms with van der Waals surface area (Å²) in [7, 11) is 0. The number of nitrogens with zero attached hydrogens (tertiary/aromatic N) is 4. The number of nitrogens with one attached hydrogen (secondary N) is 1. The van der Waals surface area contributed by atoms with E-state index in [0.29, 0.717) is 42.8 Å². The van der Waals surface area contributed by atoms with E-state index in [9.17, 15) is 18.0 Å². The Labute approximate surface area is 199 Å². The van der Waals surface area contributed by atoms with Gasteiger partial charge in [0.05, 0.1) is 22.2 Å². The van der Waals surface area contributed by atoms with Crippen molar-refractivity contribution in [3.63, 3.8) is 0 Å². The lowest BCUT2D eigenvalue weighted by Gasteiger charge is -2.26. The second-order valence-electron chi connectivity index (χ2n) is 8.12. The summed E-state index contributed by atoms with van der Waals surface area (Å²) in [5, 5.41) is 13.6. The number of hydrogen-bond donors (Lipinski definition) is 1. The molecule has 1 aromatic carbocycles. The number of anilines is 1. The van der Waals surface area contributed by atoms with E-state index < -0.39 is 18.0 Å². The summed E-state index contributed by atoms with van der Waals surface area (Å²) in [6, 6.07) is 11.9. The first kappa shape index (κ1) is 23.7. The first-order valence-electron chi connectivity index (χ1n) is 10.8. The Morgan fingerprint density at radius 2 is 2.03 bits per heavy atom. The van der Waals surface area contributed by atoms with Crippen LogP contribution in [-0.4, -0.2) is 35.0 Å². The number of carbonyl (C=O) groups is 1. The SMILES string of the molecule is Cc1csc(-c2cc(N3CCC[C@H]3C(=O)NCCc3ccc(C#N)cc3)nc(C(F)(F)F)n2)c1. The molecule has 3 heterocycles. The third-order valence-corrected chi connectivity index (χ3v) is 6.67. The number of rotatable bonds is 6. The average Bonchev–Trinajstić information content (AvgIpc) is 3.48. The molecule has 1 saturated heterocycles. The maximum atomic E-state index is 13.5. The number of halogens is 3. The lowest BCUT2D eigenvalue weighted by Crippen LogP contribution is -2.44. The van der Waals surface area contributed by atoms with Crippen molar-refractivity contribution < 1.29 is 18.0 Å². The van der Waals surface area contributed by atoms with Crippen molar-refractivity contribution in [2.24, 2.45) is 0 Å². The Kier molecular flexibility index (Phi) is 6.84. The minimum absolute atomic E-state index is 0.105. The van der Waals surface area contributed by atoms with Gasteiger partial charge in [-0.2, -0.15) is 18.4 Å². The summed E-state index contributed by atoms with van der Waals surface area (Å²) in [6.45, 7) is 2.68. The molecule has 0 radical (unpaired) electrons. The number of thiophene rings is 1. The van der Waals surface area contributed by atoms with Gasteiger partial charge in [-0.1, -0.05) is 12.1 Å². The fourth-order valence-electron chi connectivity index (χ4n) is 3.91. The van der Waals surface area contributed by atoms with Crippen molar-refractivity contribution in [3.8, 4) is 16.6 Å². The Morgan fingerprint density at radius 3 is 2.68 bits per heavy atom. The Bertz CT molecular complexity index is 1220. The summed E-state index contributed by atoms with van der Waals surface area (Å²) < 4.78 is 40.6. The van der Waals surface area contributed by atoms with Gasteiger partial charge in [-0.3, -0.25) is 4.79 Å². The summed E-state index contributed by atoms with van der Waals surface area (Å²) in [5.41, 5.74) is 2.68. The van der Waals surface area contributed by atoms with Gasteiger partial charge < -0.3 is 10.2 Å². The maximum absolute atomic E-state index is 13.5. The molecular formula is C24H22F3N5OS. The van der Waals surface area contributed by atoms with Crippen molar-refractivity contribution >= 4 is 23.1 Å². The second kappa shape index (κ2) is 9.81. The fraction of sp³-hybridized carbons (Fsp3) is 0.333. The maximum Gasteiger partial charge on any atom is 0.451 e. The standard InChI is InChI=1S/C24H22F3N5OS/c1-15-11-20(34-14-15)18-12-21(31-23(30-18)24(25,26)27)32-10-2-3-19(32)22(33)29-9-8-16-4-6-17(13-28)7-5-16/h4-7,11-12,14,19H,2-3,8-10H2,1H3,(H,29,33)/t19-/m0/s1. The van der Waals surface area contributed by atoms with Crippen LogP contribution in [0, 0.1) is 18.3 Å². The van der Waals surface area contributed by atoms with Crippen LogP contribution in [0.3, 0.4) is 0 Å². The first-order valence-corrected chi connectivity index (χ1v) is 11.7. The lowest BCUT2D eigenvalue weighted by molar-refractivity contribution is -0.144. The van der Waals surface area contributed by atoms with Gasteiger partial charge in [0.1, 0.15) is 11.9 Å². The van der Waals surface area contributed by atoms with Crippen LogP contribution in [0.2, 0.25) is 0 Å². The molecular weight excluding hydrogens is 463 g/mol. The van der Waals surface area contributed by atoms with Crippen LogP contribution in [0.5, 0.6) is 0 Å². The van der Waals surface area contributed by atoms with E-state index >= 15 is 0 Å². The molecule has 1 aliphatic heterocycles. The smallest absolute Gasteiger partial charge is 0.354 e.